The molecule has 0 saturated carbocycles. The van der Waals surface area contributed by atoms with Crippen molar-refractivity contribution in [1.82, 2.24) is 0 Å². The molecule has 1 heterocycles. The molecule has 3 N–H and O–H groups in total. The molecule has 0 saturated heterocycles. The van der Waals surface area contributed by atoms with E-state index in [1.54, 1.807) is 18.4 Å². The minimum atomic E-state index is -0.404. The smallest absolute Gasteiger partial charge is 0.248 e. The van der Waals surface area contributed by atoms with Gasteiger partial charge in [-0.2, -0.15) is 0 Å². The van der Waals surface area contributed by atoms with Crippen LogP contribution in [0.25, 0.3) is 0 Å². The molecule has 0 aliphatic heterocycles. The largest absolute Gasteiger partial charge is 0.469 e. The summed E-state index contributed by atoms with van der Waals surface area (Å²) in [5.74, 6) is 0.546. The number of hydrogen-bond donors (Lipinski definition) is 2. The first kappa shape index (κ1) is 13.2. The summed E-state index contributed by atoms with van der Waals surface area (Å²) in [6, 6.07) is 9.50. The number of aryl methyl sites for hydroxylation is 1. The van der Waals surface area contributed by atoms with E-state index < -0.39 is 5.91 Å². The fourth-order valence-corrected chi connectivity index (χ4v) is 2.03. The number of hydrogen-bond acceptors (Lipinski definition) is 3. The van der Waals surface area contributed by atoms with Crippen molar-refractivity contribution in [3.63, 3.8) is 0 Å². The highest BCUT2D eigenvalue weighted by atomic mass is 16.3. The number of carbonyl (C=O) groups excluding carboxylic acids is 1. The van der Waals surface area contributed by atoms with Crippen LogP contribution < -0.4 is 11.1 Å². The van der Waals surface area contributed by atoms with Gasteiger partial charge in [0.2, 0.25) is 5.91 Å². The summed E-state index contributed by atoms with van der Waals surface area (Å²) < 4.78 is 5.32. The van der Waals surface area contributed by atoms with E-state index in [1.165, 1.54) is 0 Å². The van der Waals surface area contributed by atoms with E-state index in [9.17, 15) is 4.79 Å². The van der Waals surface area contributed by atoms with Crippen LogP contribution in [0.4, 0.5) is 5.69 Å². The Balaban J connectivity index is 2.04. The molecule has 1 aromatic heterocycles. The third-order valence-corrected chi connectivity index (χ3v) is 3.00. The van der Waals surface area contributed by atoms with E-state index in [0.29, 0.717) is 5.56 Å². The van der Waals surface area contributed by atoms with Crippen molar-refractivity contribution in [2.75, 3.05) is 5.32 Å². The average Bonchev–Trinajstić information content (AvgIpc) is 2.84. The highest BCUT2D eigenvalue weighted by Crippen LogP contribution is 2.18. The van der Waals surface area contributed by atoms with Gasteiger partial charge in [0.25, 0.3) is 0 Å². The average molecular weight is 258 g/mol. The Morgan fingerprint density at radius 3 is 2.79 bits per heavy atom. The third kappa shape index (κ3) is 3.37. The molecular formula is C15H18N2O2. The summed E-state index contributed by atoms with van der Waals surface area (Å²) in [5.41, 5.74) is 7.79. The highest BCUT2D eigenvalue weighted by molar-refractivity contribution is 5.93. The number of furan rings is 1. The topological polar surface area (TPSA) is 68.3 Å². The summed E-state index contributed by atoms with van der Waals surface area (Å²) in [4.78, 5) is 11.1. The number of benzene rings is 1. The second-order valence-corrected chi connectivity index (χ2v) is 4.72. The van der Waals surface area contributed by atoms with Gasteiger partial charge in [-0.1, -0.05) is 0 Å². The Morgan fingerprint density at radius 2 is 2.21 bits per heavy atom. The number of carbonyl (C=O) groups is 1. The van der Waals surface area contributed by atoms with Crippen molar-refractivity contribution in [3.05, 3.63) is 53.5 Å². The normalized spacial score (nSPS) is 12.1. The van der Waals surface area contributed by atoms with E-state index in [2.05, 4.69) is 12.2 Å². The van der Waals surface area contributed by atoms with Gasteiger partial charge < -0.3 is 15.5 Å². The van der Waals surface area contributed by atoms with E-state index >= 15 is 0 Å². The maximum Gasteiger partial charge on any atom is 0.248 e. The molecule has 2 rings (SSSR count). The lowest BCUT2D eigenvalue weighted by Crippen LogP contribution is -2.19. The van der Waals surface area contributed by atoms with Crippen LogP contribution >= 0.6 is 0 Å². The minimum absolute atomic E-state index is 0.240. The van der Waals surface area contributed by atoms with E-state index in [4.69, 9.17) is 10.2 Å². The van der Waals surface area contributed by atoms with Crippen molar-refractivity contribution in [3.8, 4) is 0 Å². The third-order valence-electron chi connectivity index (χ3n) is 3.00. The molecule has 1 atom stereocenters. The van der Waals surface area contributed by atoms with Crippen LogP contribution in [-0.4, -0.2) is 11.9 Å². The Kier molecular flexibility index (Phi) is 3.90. The van der Waals surface area contributed by atoms with Gasteiger partial charge in [-0.25, -0.2) is 0 Å². The molecule has 2 aromatic rings. The lowest BCUT2D eigenvalue weighted by molar-refractivity contribution is 0.1000. The van der Waals surface area contributed by atoms with Crippen LogP contribution in [0.3, 0.4) is 0 Å². The number of anilines is 1. The molecule has 0 aliphatic rings. The Bertz CT molecular complexity index is 562. The lowest BCUT2D eigenvalue weighted by atomic mass is 10.1. The van der Waals surface area contributed by atoms with Crippen molar-refractivity contribution in [2.24, 2.45) is 5.73 Å². The van der Waals surface area contributed by atoms with Gasteiger partial charge in [0.05, 0.1) is 6.26 Å². The maximum absolute atomic E-state index is 11.1. The van der Waals surface area contributed by atoms with Crippen LogP contribution in [0.15, 0.2) is 41.0 Å². The molecule has 1 unspecified atom stereocenters. The molecule has 0 bridgehead atoms. The number of primary amides is 1. The van der Waals surface area contributed by atoms with E-state index in [0.717, 1.165) is 23.4 Å². The van der Waals surface area contributed by atoms with Crippen molar-refractivity contribution in [1.29, 1.82) is 0 Å². The van der Waals surface area contributed by atoms with Crippen molar-refractivity contribution >= 4 is 11.6 Å². The van der Waals surface area contributed by atoms with Gasteiger partial charge in [0.15, 0.2) is 0 Å². The predicted molar refractivity (Wildman–Crippen MR) is 75.2 cm³/mol. The first-order valence-corrected chi connectivity index (χ1v) is 6.25. The van der Waals surface area contributed by atoms with Gasteiger partial charge >= 0.3 is 0 Å². The van der Waals surface area contributed by atoms with Crippen molar-refractivity contribution < 1.29 is 9.21 Å². The number of nitrogens with one attached hydrogen (secondary N) is 1. The molecule has 0 radical (unpaired) electrons. The minimum Gasteiger partial charge on any atom is -0.469 e. The fraction of sp³-hybridized carbons (Fsp3) is 0.267. The molecule has 4 nitrogen and oxygen atoms in total. The standard InChI is InChI=1S/C15H18N2O2/c1-10-8-12(15(16)18)5-6-14(10)17-11(2)9-13-4-3-7-19-13/h3-8,11,17H,9H2,1-2H3,(H2,16,18). The monoisotopic (exact) mass is 258 g/mol. The fourth-order valence-electron chi connectivity index (χ4n) is 2.03. The maximum atomic E-state index is 11.1. The molecule has 0 aliphatic carbocycles. The number of rotatable bonds is 5. The number of nitrogens with two attached hydrogens (primary N) is 1. The quantitative estimate of drug-likeness (QED) is 0.866. The van der Waals surface area contributed by atoms with Gasteiger partial charge in [0.1, 0.15) is 5.76 Å². The predicted octanol–water partition coefficient (Wildman–Crippen LogP) is 2.73. The van der Waals surface area contributed by atoms with Gasteiger partial charge in [-0.15, -0.1) is 0 Å². The van der Waals surface area contributed by atoms with Gasteiger partial charge in [0, 0.05) is 23.7 Å². The molecule has 0 spiro atoms. The first-order valence-electron chi connectivity index (χ1n) is 6.25. The second-order valence-electron chi connectivity index (χ2n) is 4.72. The Labute approximate surface area is 112 Å². The van der Waals surface area contributed by atoms with E-state index in [-0.39, 0.29) is 6.04 Å². The van der Waals surface area contributed by atoms with Crippen molar-refractivity contribution in [2.45, 2.75) is 26.3 Å². The Morgan fingerprint density at radius 1 is 1.42 bits per heavy atom. The second kappa shape index (κ2) is 5.61. The van der Waals surface area contributed by atoms with E-state index in [1.807, 2.05) is 25.1 Å². The van der Waals surface area contributed by atoms with Crippen LogP contribution in [-0.2, 0) is 6.42 Å². The molecule has 19 heavy (non-hydrogen) atoms. The van der Waals surface area contributed by atoms with Crippen LogP contribution in [0.2, 0.25) is 0 Å². The SMILES string of the molecule is Cc1cc(C(N)=O)ccc1NC(C)Cc1ccco1. The summed E-state index contributed by atoms with van der Waals surface area (Å²) in [5, 5.41) is 3.40. The number of amides is 1. The lowest BCUT2D eigenvalue weighted by Gasteiger charge is -2.16. The molecule has 1 amide bonds. The zero-order valence-corrected chi connectivity index (χ0v) is 11.1. The summed E-state index contributed by atoms with van der Waals surface area (Å²) in [7, 11) is 0. The summed E-state index contributed by atoms with van der Waals surface area (Å²) in [6.07, 6.45) is 2.49. The zero-order chi connectivity index (χ0) is 13.8. The molecular weight excluding hydrogens is 240 g/mol. The zero-order valence-electron chi connectivity index (χ0n) is 11.1. The molecule has 0 fully saturated rings. The molecule has 4 heteroatoms. The molecule has 100 valence electrons. The Hall–Kier alpha value is -2.23. The van der Waals surface area contributed by atoms with Crippen LogP contribution in [0.5, 0.6) is 0 Å². The van der Waals surface area contributed by atoms with Crippen LogP contribution in [0, 0.1) is 6.92 Å². The van der Waals surface area contributed by atoms with Gasteiger partial charge in [-0.3, -0.25) is 4.79 Å². The molecule has 1 aromatic carbocycles. The van der Waals surface area contributed by atoms with Gasteiger partial charge in [-0.05, 0) is 49.7 Å². The summed E-state index contributed by atoms with van der Waals surface area (Å²) in [6.45, 7) is 4.04. The first-order chi connectivity index (χ1) is 9.06. The summed E-state index contributed by atoms with van der Waals surface area (Å²) >= 11 is 0. The highest BCUT2D eigenvalue weighted by Gasteiger charge is 2.08. The van der Waals surface area contributed by atoms with Crippen LogP contribution in [0.1, 0.15) is 28.6 Å².